The standard InChI is InChI=1S/C20H15FN4O4S/c21-13-4-6-14(7-5-13)24-17-8-9-30(28,29)19(17)18(16(11-22)20(24)23)12-2-1-3-15(10-12)25(26)27/h1-7,10,18H,8-9,23H2/t18-/m1/s1. The molecular weight excluding hydrogens is 411 g/mol. The highest BCUT2D eigenvalue weighted by molar-refractivity contribution is 7.95. The zero-order chi connectivity index (χ0) is 21.6. The van der Waals surface area contributed by atoms with Gasteiger partial charge in [0.1, 0.15) is 11.6 Å². The quantitative estimate of drug-likeness (QED) is 0.589. The van der Waals surface area contributed by atoms with E-state index >= 15 is 0 Å². The summed E-state index contributed by atoms with van der Waals surface area (Å²) < 4.78 is 39.3. The number of sulfone groups is 1. The third kappa shape index (κ3) is 3.00. The van der Waals surface area contributed by atoms with Gasteiger partial charge in [-0.2, -0.15) is 5.26 Å². The number of rotatable bonds is 3. The second-order valence-electron chi connectivity index (χ2n) is 6.89. The number of halogens is 1. The summed E-state index contributed by atoms with van der Waals surface area (Å²) in [5, 5.41) is 21.1. The van der Waals surface area contributed by atoms with E-state index in [1.807, 2.05) is 6.07 Å². The number of nitro groups is 1. The molecule has 2 aromatic carbocycles. The Morgan fingerprint density at radius 2 is 1.93 bits per heavy atom. The molecule has 8 nitrogen and oxygen atoms in total. The Kier molecular flexibility index (Phi) is 4.55. The third-order valence-electron chi connectivity index (χ3n) is 5.18. The Labute approximate surface area is 171 Å². The van der Waals surface area contributed by atoms with Crippen LogP contribution in [0.15, 0.2) is 70.5 Å². The summed E-state index contributed by atoms with van der Waals surface area (Å²) in [6.45, 7) is 0. The van der Waals surface area contributed by atoms with E-state index in [4.69, 9.17) is 5.73 Å². The Bertz CT molecular complexity index is 1280. The average Bonchev–Trinajstić information content (AvgIpc) is 3.03. The second kappa shape index (κ2) is 6.96. The lowest BCUT2D eigenvalue weighted by Gasteiger charge is -2.35. The number of benzene rings is 2. The number of nitro benzene ring substituents is 1. The minimum atomic E-state index is -3.74. The molecule has 0 radical (unpaired) electrons. The SMILES string of the molecule is N#CC1=C(N)N(c2ccc(F)cc2)C2=C([C@@H]1c1cccc([N+](=O)[O-])c1)S(=O)(=O)CC2. The molecular formula is C20H15FN4O4S. The third-order valence-corrected chi connectivity index (χ3v) is 7.07. The molecule has 0 saturated heterocycles. The Morgan fingerprint density at radius 1 is 1.23 bits per heavy atom. The van der Waals surface area contributed by atoms with Crippen molar-refractivity contribution in [2.24, 2.45) is 5.73 Å². The lowest BCUT2D eigenvalue weighted by Crippen LogP contribution is -2.34. The molecule has 10 heteroatoms. The monoisotopic (exact) mass is 426 g/mol. The summed E-state index contributed by atoms with van der Waals surface area (Å²) in [5.41, 5.74) is 7.14. The molecule has 4 rings (SSSR count). The summed E-state index contributed by atoms with van der Waals surface area (Å²) in [4.78, 5) is 12.1. The van der Waals surface area contributed by atoms with E-state index in [1.165, 1.54) is 53.4 Å². The van der Waals surface area contributed by atoms with Crippen LogP contribution in [0.4, 0.5) is 15.8 Å². The molecule has 0 aliphatic carbocycles. The topological polar surface area (TPSA) is 130 Å². The Morgan fingerprint density at radius 3 is 2.57 bits per heavy atom. The van der Waals surface area contributed by atoms with E-state index in [2.05, 4.69) is 0 Å². The van der Waals surface area contributed by atoms with Gasteiger partial charge in [-0.05, 0) is 29.8 Å². The van der Waals surface area contributed by atoms with Crippen molar-refractivity contribution in [2.75, 3.05) is 10.7 Å². The Hall–Kier alpha value is -3.71. The summed E-state index contributed by atoms with van der Waals surface area (Å²) in [7, 11) is -3.74. The van der Waals surface area contributed by atoms with Crippen molar-refractivity contribution in [2.45, 2.75) is 12.3 Å². The van der Waals surface area contributed by atoms with Gasteiger partial charge in [0.05, 0.1) is 33.1 Å². The lowest BCUT2D eigenvalue weighted by atomic mass is 9.87. The smallest absolute Gasteiger partial charge is 0.269 e. The molecule has 0 unspecified atom stereocenters. The molecule has 30 heavy (non-hydrogen) atoms. The largest absolute Gasteiger partial charge is 0.384 e. The number of anilines is 1. The van der Waals surface area contributed by atoms with Crippen molar-refractivity contribution >= 4 is 21.2 Å². The maximum atomic E-state index is 13.4. The fourth-order valence-electron chi connectivity index (χ4n) is 3.90. The van der Waals surface area contributed by atoms with Crippen molar-refractivity contribution in [1.29, 1.82) is 5.26 Å². The fraction of sp³-hybridized carbons (Fsp3) is 0.150. The minimum absolute atomic E-state index is 0.00178. The van der Waals surface area contributed by atoms with Crippen molar-refractivity contribution in [3.63, 3.8) is 0 Å². The molecule has 2 aliphatic rings. The molecule has 0 fully saturated rings. The van der Waals surface area contributed by atoms with Crippen molar-refractivity contribution in [3.05, 3.63) is 92.0 Å². The van der Waals surface area contributed by atoms with Crippen LogP contribution in [-0.2, 0) is 9.84 Å². The van der Waals surface area contributed by atoms with E-state index in [9.17, 15) is 28.2 Å². The van der Waals surface area contributed by atoms with Crippen LogP contribution in [-0.4, -0.2) is 19.1 Å². The first kappa shape index (κ1) is 19.6. The van der Waals surface area contributed by atoms with Crippen molar-refractivity contribution < 1.29 is 17.7 Å². The maximum absolute atomic E-state index is 13.4. The number of non-ortho nitro benzene ring substituents is 1. The van der Waals surface area contributed by atoms with E-state index in [0.717, 1.165) is 0 Å². The lowest BCUT2D eigenvalue weighted by molar-refractivity contribution is -0.384. The average molecular weight is 426 g/mol. The van der Waals surface area contributed by atoms with Crippen molar-refractivity contribution in [3.8, 4) is 6.07 Å². The van der Waals surface area contributed by atoms with E-state index in [-0.39, 0.29) is 34.2 Å². The number of nitriles is 1. The number of allylic oxidation sites excluding steroid dienone is 3. The van der Waals surface area contributed by atoms with Gasteiger partial charge in [0.2, 0.25) is 0 Å². The Balaban J connectivity index is 1.98. The fourth-order valence-corrected chi connectivity index (χ4v) is 5.75. The minimum Gasteiger partial charge on any atom is -0.384 e. The number of hydrogen-bond donors (Lipinski definition) is 1. The van der Waals surface area contributed by atoms with Gasteiger partial charge in [0.15, 0.2) is 9.84 Å². The molecule has 0 amide bonds. The molecule has 152 valence electrons. The first-order valence-electron chi connectivity index (χ1n) is 8.90. The van der Waals surface area contributed by atoms with Crippen LogP contribution in [0.2, 0.25) is 0 Å². The van der Waals surface area contributed by atoms with Gasteiger partial charge in [-0.1, -0.05) is 12.1 Å². The summed E-state index contributed by atoms with van der Waals surface area (Å²) >= 11 is 0. The van der Waals surface area contributed by atoms with E-state index < -0.39 is 26.5 Å². The molecule has 0 spiro atoms. The van der Waals surface area contributed by atoms with Crippen LogP contribution in [0.1, 0.15) is 17.9 Å². The van der Waals surface area contributed by atoms with Gasteiger partial charge in [-0.15, -0.1) is 0 Å². The van der Waals surface area contributed by atoms with Gasteiger partial charge < -0.3 is 5.73 Å². The van der Waals surface area contributed by atoms with Crippen LogP contribution in [0, 0.1) is 27.3 Å². The van der Waals surface area contributed by atoms with Gasteiger partial charge in [-0.3, -0.25) is 15.0 Å². The summed E-state index contributed by atoms with van der Waals surface area (Å²) in [6, 6.07) is 12.8. The predicted molar refractivity (Wildman–Crippen MR) is 107 cm³/mol. The van der Waals surface area contributed by atoms with Crippen LogP contribution >= 0.6 is 0 Å². The molecule has 2 aromatic rings. The van der Waals surface area contributed by atoms with E-state index in [1.54, 1.807) is 0 Å². The molecule has 1 atom stereocenters. The number of nitrogens with zero attached hydrogens (tertiary/aromatic N) is 3. The highest BCUT2D eigenvalue weighted by Gasteiger charge is 2.45. The first-order chi connectivity index (χ1) is 14.2. The van der Waals surface area contributed by atoms with Crippen LogP contribution < -0.4 is 10.6 Å². The second-order valence-corrected chi connectivity index (χ2v) is 8.97. The zero-order valence-corrected chi connectivity index (χ0v) is 16.3. The maximum Gasteiger partial charge on any atom is 0.269 e. The number of hydrogen-bond acceptors (Lipinski definition) is 7. The summed E-state index contributed by atoms with van der Waals surface area (Å²) in [6.07, 6.45) is 0.153. The highest BCUT2D eigenvalue weighted by Crippen LogP contribution is 2.48. The molecule has 0 bridgehead atoms. The van der Waals surface area contributed by atoms with Crippen LogP contribution in [0.25, 0.3) is 0 Å². The molecule has 0 aromatic heterocycles. The summed E-state index contributed by atoms with van der Waals surface area (Å²) in [5.74, 6) is -1.68. The zero-order valence-electron chi connectivity index (χ0n) is 15.4. The predicted octanol–water partition coefficient (Wildman–Crippen LogP) is 3.06. The van der Waals surface area contributed by atoms with Crippen LogP contribution in [0.5, 0.6) is 0 Å². The molecule has 2 aliphatic heterocycles. The molecule has 2 heterocycles. The normalized spacial score (nSPS) is 20.1. The van der Waals surface area contributed by atoms with Gasteiger partial charge >= 0.3 is 0 Å². The molecule has 0 saturated carbocycles. The number of nitrogens with two attached hydrogens (primary N) is 1. The van der Waals surface area contributed by atoms with Gasteiger partial charge in [0.25, 0.3) is 5.69 Å². The van der Waals surface area contributed by atoms with Crippen molar-refractivity contribution in [1.82, 2.24) is 0 Å². The van der Waals surface area contributed by atoms with Gasteiger partial charge in [-0.25, -0.2) is 12.8 Å². The van der Waals surface area contributed by atoms with E-state index in [0.29, 0.717) is 16.9 Å². The van der Waals surface area contributed by atoms with Crippen LogP contribution in [0.3, 0.4) is 0 Å². The van der Waals surface area contributed by atoms with Gasteiger partial charge in [0, 0.05) is 29.9 Å². The molecule has 2 N–H and O–H groups in total. The highest BCUT2D eigenvalue weighted by atomic mass is 32.2. The first-order valence-corrected chi connectivity index (χ1v) is 10.6.